The number of nitrogens with zero attached hydrogens (tertiary/aromatic N) is 2. The van der Waals surface area contributed by atoms with Crippen LogP contribution in [0, 0.1) is 22.7 Å². The lowest BCUT2D eigenvalue weighted by Gasteiger charge is -2.27. The van der Waals surface area contributed by atoms with Gasteiger partial charge in [-0.2, -0.15) is 10.5 Å². The molecule has 164 valence electrons. The van der Waals surface area contributed by atoms with Gasteiger partial charge < -0.3 is 25.1 Å². The number of benzene rings is 3. The highest BCUT2D eigenvalue weighted by molar-refractivity contribution is 5.59. The van der Waals surface area contributed by atoms with Crippen LogP contribution in [0.2, 0.25) is 0 Å². The molecular formula is C26H21N3O4. The topological polar surface area (TPSA) is 122 Å². The predicted octanol–water partition coefficient (Wildman–Crippen LogP) is 4.46. The van der Waals surface area contributed by atoms with Crippen molar-refractivity contribution < 1.29 is 19.3 Å². The maximum absolute atomic E-state index is 9.84. The largest absolute Gasteiger partial charge is 0.508 e. The van der Waals surface area contributed by atoms with Crippen LogP contribution >= 0.6 is 0 Å². The minimum Gasteiger partial charge on any atom is -0.508 e. The molecule has 0 aromatic heterocycles. The van der Waals surface area contributed by atoms with E-state index in [9.17, 15) is 15.6 Å². The Kier molecular flexibility index (Phi) is 6.06. The van der Waals surface area contributed by atoms with Crippen molar-refractivity contribution in [1.29, 1.82) is 10.5 Å². The third kappa shape index (κ3) is 4.26. The number of hydrogen-bond donors (Lipinski definition) is 2. The Morgan fingerprint density at radius 3 is 2.58 bits per heavy atom. The summed E-state index contributed by atoms with van der Waals surface area (Å²) in [6.07, 6.45) is 0. The molecule has 3 aromatic rings. The number of nitrogens with two attached hydrogens (primary N) is 1. The molecule has 0 saturated heterocycles. The zero-order valence-electron chi connectivity index (χ0n) is 17.9. The van der Waals surface area contributed by atoms with Crippen molar-refractivity contribution in [1.82, 2.24) is 0 Å². The molecule has 4 rings (SSSR count). The van der Waals surface area contributed by atoms with E-state index >= 15 is 0 Å². The predicted molar refractivity (Wildman–Crippen MR) is 121 cm³/mol. The standard InChI is InChI=1S/C26H21N3O4/c1-2-31-24-11-16(7-10-22(24)32-15-18-6-4-3-5-17(18)13-27)25-20-9-8-19(30)12-23(20)33-26(29)21(25)14-28/h3-12,25,30H,2,15,29H2,1H3/t25-/m0/s1. The summed E-state index contributed by atoms with van der Waals surface area (Å²) < 4.78 is 17.4. The van der Waals surface area contributed by atoms with E-state index in [2.05, 4.69) is 12.1 Å². The van der Waals surface area contributed by atoms with Gasteiger partial charge in [0.15, 0.2) is 11.5 Å². The van der Waals surface area contributed by atoms with Crippen molar-refractivity contribution >= 4 is 0 Å². The quantitative estimate of drug-likeness (QED) is 0.581. The molecule has 0 bridgehead atoms. The first-order chi connectivity index (χ1) is 16.0. The number of phenols is 1. The molecule has 3 N–H and O–H groups in total. The second-order valence-electron chi connectivity index (χ2n) is 7.34. The first kappa shape index (κ1) is 21.6. The maximum Gasteiger partial charge on any atom is 0.205 e. The summed E-state index contributed by atoms with van der Waals surface area (Å²) in [6, 6.07) is 21.7. The van der Waals surface area contributed by atoms with Gasteiger partial charge >= 0.3 is 0 Å². The molecule has 1 aliphatic heterocycles. The summed E-state index contributed by atoms with van der Waals surface area (Å²) >= 11 is 0. The lowest BCUT2D eigenvalue weighted by atomic mass is 9.83. The number of rotatable bonds is 6. The average molecular weight is 439 g/mol. The van der Waals surface area contributed by atoms with Crippen LogP contribution in [0.4, 0.5) is 0 Å². The van der Waals surface area contributed by atoms with Gasteiger partial charge in [-0.25, -0.2) is 0 Å². The SMILES string of the molecule is CCOc1cc([C@@H]2C(C#N)=C(N)Oc3cc(O)ccc32)ccc1OCc1ccccc1C#N. The molecule has 7 heteroatoms. The van der Waals surface area contributed by atoms with Crippen molar-refractivity contribution in [2.45, 2.75) is 19.4 Å². The second kappa shape index (κ2) is 9.25. The van der Waals surface area contributed by atoms with Crippen LogP contribution < -0.4 is 19.9 Å². The van der Waals surface area contributed by atoms with E-state index in [0.717, 1.165) is 11.1 Å². The highest BCUT2D eigenvalue weighted by Crippen LogP contribution is 2.45. The van der Waals surface area contributed by atoms with E-state index in [4.69, 9.17) is 19.9 Å². The van der Waals surface area contributed by atoms with E-state index in [-0.39, 0.29) is 23.8 Å². The third-order valence-corrected chi connectivity index (χ3v) is 5.32. The number of hydrogen-bond acceptors (Lipinski definition) is 7. The Hall–Kier alpha value is -4.62. The van der Waals surface area contributed by atoms with Crippen molar-refractivity contribution in [3.05, 3.63) is 94.4 Å². The first-order valence-corrected chi connectivity index (χ1v) is 10.3. The Morgan fingerprint density at radius 2 is 1.82 bits per heavy atom. The molecule has 0 fully saturated rings. The molecule has 0 amide bonds. The summed E-state index contributed by atoms with van der Waals surface area (Å²) in [5.41, 5.74) is 9.08. The Labute approximate surface area is 191 Å². The molecule has 0 spiro atoms. The van der Waals surface area contributed by atoms with Crippen LogP contribution in [0.5, 0.6) is 23.0 Å². The fraction of sp³-hybridized carbons (Fsp3) is 0.154. The summed E-state index contributed by atoms with van der Waals surface area (Å²) in [6.45, 7) is 2.49. The molecule has 1 aliphatic rings. The third-order valence-electron chi connectivity index (χ3n) is 5.32. The summed E-state index contributed by atoms with van der Waals surface area (Å²) in [7, 11) is 0. The molecule has 0 unspecified atom stereocenters. The van der Waals surface area contributed by atoms with Crippen molar-refractivity contribution in [2.24, 2.45) is 5.73 Å². The van der Waals surface area contributed by atoms with Gasteiger partial charge in [-0.3, -0.25) is 0 Å². The molecular weight excluding hydrogens is 418 g/mol. The van der Waals surface area contributed by atoms with E-state index in [1.165, 1.54) is 6.07 Å². The normalized spacial score (nSPS) is 14.5. The van der Waals surface area contributed by atoms with Crippen molar-refractivity contribution in [3.63, 3.8) is 0 Å². The maximum atomic E-state index is 9.84. The minimum atomic E-state index is -0.494. The van der Waals surface area contributed by atoms with E-state index in [1.807, 2.05) is 31.2 Å². The van der Waals surface area contributed by atoms with Gasteiger partial charge in [0, 0.05) is 17.2 Å². The molecule has 0 radical (unpaired) electrons. The smallest absolute Gasteiger partial charge is 0.205 e. The summed E-state index contributed by atoms with van der Waals surface area (Å²) in [5, 5.41) is 28.9. The Bertz CT molecular complexity index is 1320. The highest BCUT2D eigenvalue weighted by Gasteiger charge is 2.31. The molecule has 1 atom stereocenters. The van der Waals surface area contributed by atoms with Crippen LogP contribution in [-0.2, 0) is 6.61 Å². The number of allylic oxidation sites excluding steroid dienone is 1. The number of ether oxygens (including phenoxy) is 3. The van der Waals surface area contributed by atoms with Gasteiger partial charge in [0.05, 0.1) is 24.2 Å². The zero-order valence-corrected chi connectivity index (χ0v) is 17.9. The number of aromatic hydroxyl groups is 1. The lowest BCUT2D eigenvalue weighted by Crippen LogP contribution is -2.21. The van der Waals surface area contributed by atoms with Crippen molar-refractivity contribution in [2.75, 3.05) is 6.61 Å². The monoisotopic (exact) mass is 439 g/mol. The minimum absolute atomic E-state index is 0.00741. The van der Waals surface area contributed by atoms with Crippen LogP contribution in [-0.4, -0.2) is 11.7 Å². The van der Waals surface area contributed by atoms with Crippen LogP contribution in [0.15, 0.2) is 72.1 Å². The number of nitriles is 2. The molecule has 3 aromatic carbocycles. The van der Waals surface area contributed by atoms with Gasteiger partial charge in [-0.15, -0.1) is 0 Å². The van der Waals surface area contributed by atoms with E-state index in [0.29, 0.717) is 35.0 Å². The van der Waals surface area contributed by atoms with Gasteiger partial charge in [0.1, 0.15) is 29.7 Å². The van der Waals surface area contributed by atoms with Gasteiger partial charge in [0.25, 0.3) is 0 Å². The molecule has 0 saturated carbocycles. The Morgan fingerprint density at radius 1 is 1.00 bits per heavy atom. The fourth-order valence-electron chi connectivity index (χ4n) is 3.79. The fourth-order valence-corrected chi connectivity index (χ4v) is 3.79. The van der Waals surface area contributed by atoms with E-state index < -0.39 is 5.92 Å². The van der Waals surface area contributed by atoms with Gasteiger partial charge in [-0.05, 0) is 36.8 Å². The van der Waals surface area contributed by atoms with Crippen LogP contribution in [0.3, 0.4) is 0 Å². The van der Waals surface area contributed by atoms with E-state index in [1.54, 1.807) is 30.3 Å². The number of fused-ring (bicyclic) bond motifs is 1. The Balaban J connectivity index is 1.72. The molecule has 7 nitrogen and oxygen atoms in total. The number of phenolic OH excluding ortho intramolecular Hbond substituents is 1. The molecule has 1 heterocycles. The van der Waals surface area contributed by atoms with Crippen LogP contribution in [0.25, 0.3) is 0 Å². The first-order valence-electron chi connectivity index (χ1n) is 10.3. The molecule has 33 heavy (non-hydrogen) atoms. The van der Waals surface area contributed by atoms with Gasteiger partial charge in [0.2, 0.25) is 5.88 Å². The van der Waals surface area contributed by atoms with Gasteiger partial charge in [-0.1, -0.05) is 30.3 Å². The summed E-state index contributed by atoms with van der Waals surface area (Å²) in [4.78, 5) is 0. The van der Waals surface area contributed by atoms with Crippen molar-refractivity contribution in [3.8, 4) is 35.1 Å². The lowest BCUT2D eigenvalue weighted by molar-refractivity contribution is 0.269. The van der Waals surface area contributed by atoms with Crippen LogP contribution in [0.1, 0.15) is 35.1 Å². The second-order valence-corrected chi connectivity index (χ2v) is 7.34. The zero-order chi connectivity index (χ0) is 23.4. The highest BCUT2D eigenvalue weighted by atomic mass is 16.5. The average Bonchev–Trinajstić information content (AvgIpc) is 2.82. The molecule has 0 aliphatic carbocycles. The summed E-state index contributed by atoms with van der Waals surface area (Å²) in [5.74, 6) is 0.952.